The first-order valence-electron chi connectivity index (χ1n) is 15.0. The number of carbonyl (C=O) groups excluding carboxylic acids is 1. The van der Waals surface area contributed by atoms with E-state index in [-0.39, 0.29) is 24.0 Å². The van der Waals surface area contributed by atoms with Crippen LogP contribution in [0.4, 0.5) is 14.9 Å². The van der Waals surface area contributed by atoms with Crippen LogP contribution in [0.1, 0.15) is 45.7 Å². The van der Waals surface area contributed by atoms with Crippen LogP contribution in [0, 0.1) is 5.82 Å². The Balaban J connectivity index is 1.36. The first-order chi connectivity index (χ1) is 21.1. The van der Waals surface area contributed by atoms with Crippen LogP contribution in [0.3, 0.4) is 0 Å². The molecule has 0 aliphatic carbocycles. The van der Waals surface area contributed by atoms with E-state index in [0.29, 0.717) is 54.9 Å². The Morgan fingerprint density at radius 1 is 0.841 bits per heavy atom. The molecule has 1 aromatic heterocycles. The molecular weight excluding hydrogens is 557 g/mol. The van der Waals surface area contributed by atoms with E-state index in [1.165, 1.54) is 6.07 Å². The first kappa shape index (κ1) is 30.9. The zero-order chi connectivity index (χ0) is 31.3. The smallest absolute Gasteiger partial charge is 0.410 e. The third-order valence-electron chi connectivity index (χ3n) is 7.41. The number of ether oxygens (including phenoxy) is 3. The van der Waals surface area contributed by atoms with Gasteiger partial charge >= 0.3 is 6.09 Å². The number of halogens is 1. The lowest BCUT2D eigenvalue weighted by Crippen LogP contribution is -2.59. The van der Waals surface area contributed by atoms with Gasteiger partial charge in [0.05, 0.1) is 17.8 Å². The molecule has 0 N–H and O–H groups in total. The fourth-order valence-corrected chi connectivity index (χ4v) is 5.42. The standard InChI is InChI=1S/C36H40FN3O4/c1-25-21-39(22-26(2)40(25)35(41)44-36(3,4)5)32-18-16-29(20-31(32)37)30-17-19-33(42-23-27-12-8-6-9-13-27)38-34(30)43-24-28-14-10-7-11-15-28/h6-20,25-26H,21-24H2,1-5H3/t25-,26+. The third kappa shape index (κ3) is 7.67. The highest BCUT2D eigenvalue weighted by atomic mass is 19.1. The number of amides is 1. The second-order valence-corrected chi connectivity index (χ2v) is 12.2. The van der Waals surface area contributed by atoms with E-state index < -0.39 is 5.60 Å². The summed E-state index contributed by atoms with van der Waals surface area (Å²) in [6, 6.07) is 28.2. The average molecular weight is 598 g/mol. The summed E-state index contributed by atoms with van der Waals surface area (Å²) in [7, 11) is 0. The van der Waals surface area contributed by atoms with E-state index in [1.807, 2.05) is 112 Å². The molecule has 4 aromatic rings. The lowest BCUT2D eigenvalue weighted by atomic mass is 10.0. The van der Waals surface area contributed by atoms with Crippen LogP contribution in [-0.4, -0.2) is 46.8 Å². The van der Waals surface area contributed by atoms with Gasteiger partial charge in [-0.2, -0.15) is 4.98 Å². The van der Waals surface area contributed by atoms with E-state index >= 15 is 4.39 Å². The summed E-state index contributed by atoms with van der Waals surface area (Å²) >= 11 is 0. The minimum Gasteiger partial charge on any atom is -0.473 e. The number of piperazine rings is 1. The van der Waals surface area contributed by atoms with Gasteiger partial charge in [0, 0.05) is 24.7 Å². The van der Waals surface area contributed by atoms with E-state index in [2.05, 4.69) is 4.98 Å². The van der Waals surface area contributed by atoms with Gasteiger partial charge in [-0.3, -0.25) is 4.90 Å². The van der Waals surface area contributed by atoms with Gasteiger partial charge < -0.3 is 19.1 Å². The highest BCUT2D eigenvalue weighted by molar-refractivity contribution is 5.72. The molecule has 1 aliphatic rings. The van der Waals surface area contributed by atoms with Gasteiger partial charge in [-0.25, -0.2) is 9.18 Å². The van der Waals surface area contributed by atoms with E-state index in [0.717, 1.165) is 11.1 Å². The van der Waals surface area contributed by atoms with Crippen molar-refractivity contribution < 1.29 is 23.4 Å². The molecule has 44 heavy (non-hydrogen) atoms. The largest absolute Gasteiger partial charge is 0.473 e. The summed E-state index contributed by atoms with van der Waals surface area (Å²) in [5, 5.41) is 0. The fourth-order valence-electron chi connectivity index (χ4n) is 5.42. The average Bonchev–Trinajstić information content (AvgIpc) is 2.98. The molecule has 2 heterocycles. The summed E-state index contributed by atoms with van der Waals surface area (Å²) in [6.45, 7) is 11.1. The van der Waals surface area contributed by atoms with Crippen molar-refractivity contribution in [3.05, 3.63) is 108 Å². The third-order valence-corrected chi connectivity index (χ3v) is 7.41. The molecule has 5 rings (SSSR count). The van der Waals surface area contributed by atoms with Crippen molar-refractivity contribution in [2.75, 3.05) is 18.0 Å². The summed E-state index contributed by atoms with van der Waals surface area (Å²) in [5.41, 5.74) is 3.23. The second kappa shape index (κ2) is 13.4. The lowest BCUT2D eigenvalue weighted by Gasteiger charge is -2.45. The summed E-state index contributed by atoms with van der Waals surface area (Å²) < 4.78 is 33.6. The van der Waals surface area contributed by atoms with Crippen LogP contribution < -0.4 is 14.4 Å². The molecule has 0 unspecified atom stereocenters. The van der Waals surface area contributed by atoms with Crippen LogP contribution in [0.15, 0.2) is 91.0 Å². The highest BCUT2D eigenvalue weighted by Crippen LogP contribution is 2.35. The molecule has 1 aliphatic heterocycles. The topological polar surface area (TPSA) is 64.1 Å². The zero-order valence-corrected chi connectivity index (χ0v) is 26.0. The number of pyridine rings is 1. The van der Waals surface area contributed by atoms with Gasteiger partial charge in [0.1, 0.15) is 24.6 Å². The van der Waals surface area contributed by atoms with E-state index in [9.17, 15) is 4.79 Å². The number of aromatic nitrogens is 1. The van der Waals surface area contributed by atoms with Crippen LogP contribution in [-0.2, 0) is 18.0 Å². The highest BCUT2D eigenvalue weighted by Gasteiger charge is 2.36. The van der Waals surface area contributed by atoms with Gasteiger partial charge in [-0.05, 0) is 69.5 Å². The van der Waals surface area contributed by atoms with Crippen LogP contribution in [0.2, 0.25) is 0 Å². The molecule has 0 spiro atoms. The van der Waals surface area contributed by atoms with Gasteiger partial charge in [0.15, 0.2) is 0 Å². The van der Waals surface area contributed by atoms with Crippen molar-refractivity contribution in [1.82, 2.24) is 9.88 Å². The molecule has 7 nitrogen and oxygen atoms in total. The maximum Gasteiger partial charge on any atom is 0.410 e. The van der Waals surface area contributed by atoms with Crippen molar-refractivity contribution in [1.29, 1.82) is 0 Å². The molecule has 1 amide bonds. The molecule has 2 atom stereocenters. The maximum atomic E-state index is 15.8. The Labute approximate surface area is 259 Å². The van der Waals surface area contributed by atoms with Crippen molar-refractivity contribution in [3.63, 3.8) is 0 Å². The Hall–Kier alpha value is -4.59. The van der Waals surface area contributed by atoms with E-state index in [4.69, 9.17) is 14.2 Å². The minimum absolute atomic E-state index is 0.154. The number of hydrogen-bond donors (Lipinski definition) is 0. The molecule has 3 aromatic carbocycles. The molecular formula is C36H40FN3O4. The molecule has 8 heteroatoms. The number of carbonyl (C=O) groups is 1. The van der Waals surface area contributed by atoms with Crippen molar-refractivity contribution in [2.45, 2.75) is 65.5 Å². The number of hydrogen-bond acceptors (Lipinski definition) is 6. The molecule has 0 radical (unpaired) electrons. The van der Waals surface area contributed by atoms with Gasteiger partial charge in [0.2, 0.25) is 11.8 Å². The van der Waals surface area contributed by atoms with E-state index in [1.54, 1.807) is 17.0 Å². The van der Waals surface area contributed by atoms with Crippen LogP contribution >= 0.6 is 0 Å². The Kier molecular flexibility index (Phi) is 9.37. The number of anilines is 1. The first-order valence-corrected chi connectivity index (χ1v) is 15.0. The monoisotopic (exact) mass is 597 g/mol. The molecule has 230 valence electrons. The Morgan fingerprint density at radius 3 is 2.00 bits per heavy atom. The predicted octanol–water partition coefficient (Wildman–Crippen LogP) is 7.88. The molecule has 0 bridgehead atoms. The van der Waals surface area contributed by atoms with Crippen molar-refractivity contribution >= 4 is 11.8 Å². The summed E-state index contributed by atoms with van der Waals surface area (Å²) in [5.74, 6) is 0.425. The number of rotatable bonds is 8. The van der Waals surface area contributed by atoms with Crippen molar-refractivity contribution in [2.24, 2.45) is 0 Å². The fraction of sp³-hybridized carbons (Fsp3) is 0.333. The molecule has 0 saturated carbocycles. The van der Waals surface area contributed by atoms with Crippen LogP contribution in [0.25, 0.3) is 11.1 Å². The van der Waals surface area contributed by atoms with Crippen molar-refractivity contribution in [3.8, 4) is 22.9 Å². The number of nitrogens with zero attached hydrogens (tertiary/aromatic N) is 3. The lowest BCUT2D eigenvalue weighted by molar-refractivity contribution is 0.00563. The van der Waals surface area contributed by atoms with Gasteiger partial charge in [-0.1, -0.05) is 66.7 Å². The normalized spacial score (nSPS) is 16.9. The SMILES string of the molecule is C[C@@H]1CN(c2ccc(-c3ccc(OCc4ccccc4)nc3OCc3ccccc3)cc2F)C[C@H](C)N1C(=O)OC(C)(C)C. The van der Waals surface area contributed by atoms with Gasteiger partial charge in [0.25, 0.3) is 0 Å². The number of benzene rings is 3. The molecule has 1 fully saturated rings. The Morgan fingerprint density at radius 2 is 1.43 bits per heavy atom. The Bertz CT molecular complexity index is 1550. The second-order valence-electron chi connectivity index (χ2n) is 12.2. The predicted molar refractivity (Wildman–Crippen MR) is 170 cm³/mol. The maximum absolute atomic E-state index is 15.8. The summed E-state index contributed by atoms with van der Waals surface area (Å²) in [6.07, 6.45) is -0.348. The molecule has 1 saturated heterocycles. The zero-order valence-electron chi connectivity index (χ0n) is 26.0. The van der Waals surface area contributed by atoms with Crippen LogP contribution in [0.5, 0.6) is 11.8 Å². The summed E-state index contributed by atoms with van der Waals surface area (Å²) in [4.78, 5) is 21.2. The minimum atomic E-state index is -0.583. The van der Waals surface area contributed by atoms with Gasteiger partial charge in [-0.15, -0.1) is 0 Å². The quantitative estimate of drug-likeness (QED) is 0.206.